The van der Waals surface area contributed by atoms with Crippen LogP contribution in [-0.2, 0) is 4.79 Å². The van der Waals surface area contributed by atoms with Crippen LogP contribution in [-0.4, -0.2) is 20.7 Å². The molecule has 1 aromatic heterocycles. The third-order valence-electron chi connectivity index (χ3n) is 3.51. The van der Waals surface area contributed by atoms with Gasteiger partial charge in [0.05, 0.1) is 16.3 Å². The van der Waals surface area contributed by atoms with Crippen LogP contribution in [0.1, 0.15) is 12.5 Å². The van der Waals surface area contributed by atoms with E-state index >= 15 is 0 Å². The van der Waals surface area contributed by atoms with Crippen LogP contribution in [0.5, 0.6) is 0 Å². The second-order valence-electron chi connectivity index (χ2n) is 5.22. The highest BCUT2D eigenvalue weighted by Crippen LogP contribution is 2.30. The summed E-state index contributed by atoms with van der Waals surface area (Å²) in [7, 11) is 0. The van der Waals surface area contributed by atoms with E-state index in [2.05, 4.69) is 40.7 Å². The number of aromatic nitrogens is 2. The molecule has 5 heteroatoms. The van der Waals surface area contributed by atoms with Crippen LogP contribution >= 0.6 is 11.8 Å². The molecule has 0 unspecified atom stereocenters. The van der Waals surface area contributed by atoms with Gasteiger partial charge in [-0.25, -0.2) is 4.98 Å². The van der Waals surface area contributed by atoms with Gasteiger partial charge in [-0.05, 0) is 38.1 Å². The van der Waals surface area contributed by atoms with Crippen molar-refractivity contribution in [1.82, 2.24) is 9.55 Å². The molecule has 3 rings (SSSR count). The monoisotopic (exact) mass is 311 g/mol. The van der Waals surface area contributed by atoms with E-state index < -0.39 is 0 Å². The number of nitrogens with two attached hydrogens (primary N) is 1. The molecule has 1 amide bonds. The SMILES string of the molecule is Cc1ccc(-n2c(S[C@@H](C)C(N)=O)nc3ccccc32)cc1. The summed E-state index contributed by atoms with van der Waals surface area (Å²) in [5.74, 6) is -0.340. The highest BCUT2D eigenvalue weighted by atomic mass is 32.2. The molecule has 0 aliphatic heterocycles. The number of rotatable bonds is 4. The summed E-state index contributed by atoms with van der Waals surface area (Å²) in [5, 5.41) is 0.442. The number of fused-ring (bicyclic) bond motifs is 1. The number of aryl methyl sites for hydroxylation is 1. The van der Waals surface area contributed by atoms with Crippen molar-refractivity contribution < 1.29 is 4.79 Å². The number of amides is 1. The van der Waals surface area contributed by atoms with E-state index in [1.165, 1.54) is 17.3 Å². The summed E-state index contributed by atoms with van der Waals surface area (Å²) in [5.41, 5.74) is 9.54. The van der Waals surface area contributed by atoms with Gasteiger partial charge in [0.2, 0.25) is 5.91 Å². The molecule has 0 saturated carbocycles. The Morgan fingerprint density at radius 3 is 2.55 bits per heavy atom. The van der Waals surface area contributed by atoms with Gasteiger partial charge in [0.1, 0.15) is 0 Å². The van der Waals surface area contributed by atoms with Crippen molar-refractivity contribution in [3.8, 4) is 5.69 Å². The van der Waals surface area contributed by atoms with Crippen LogP contribution in [0, 0.1) is 6.92 Å². The number of primary amides is 1. The fourth-order valence-electron chi connectivity index (χ4n) is 2.24. The fraction of sp³-hybridized carbons (Fsp3) is 0.176. The Morgan fingerprint density at radius 2 is 1.86 bits per heavy atom. The molecule has 0 aliphatic carbocycles. The number of carbonyl (C=O) groups is 1. The van der Waals surface area contributed by atoms with Gasteiger partial charge < -0.3 is 5.73 Å². The van der Waals surface area contributed by atoms with E-state index in [0.29, 0.717) is 0 Å². The summed E-state index contributed by atoms with van der Waals surface area (Å²) < 4.78 is 2.07. The molecule has 0 saturated heterocycles. The number of hydrogen-bond acceptors (Lipinski definition) is 3. The van der Waals surface area contributed by atoms with Gasteiger partial charge in [0.25, 0.3) is 0 Å². The van der Waals surface area contributed by atoms with Gasteiger partial charge in [-0.2, -0.15) is 0 Å². The topological polar surface area (TPSA) is 60.9 Å². The van der Waals surface area contributed by atoms with Crippen LogP contribution in [0.4, 0.5) is 0 Å². The van der Waals surface area contributed by atoms with Gasteiger partial charge in [0, 0.05) is 5.69 Å². The number of hydrogen-bond donors (Lipinski definition) is 1. The second kappa shape index (κ2) is 5.85. The summed E-state index contributed by atoms with van der Waals surface area (Å²) in [6.07, 6.45) is 0. The Balaban J connectivity index is 2.16. The van der Waals surface area contributed by atoms with E-state index in [-0.39, 0.29) is 11.2 Å². The minimum atomic E-state index is -0.340. The van der Waals surface area contributed by atoms with Crippen LogP contribution in [0.15, 0.2) is 53.7 Å². The number of benzene rings is 2. The first-order valence-electron chi connectivity index (χ1n) is 7.07. The first-order chi connectivity index (χ1) is 10.6. The van der Waals surface area contributed by atoms with Crippen molar-refractivity contribution in [2.45, 2.75) is 24.3 Å². The quantitative estimate of drug-likeness (QED) is 0.752. The fourth-order valence-corrected chi connectivity index (χ4v) is 3.14. The highest BCUT2D eigenvalue weighted by Gasteiger charge is 2.18. The smallest absolute Gasteiger partial charge is 0.230 e. The van der Waals surface area contributed by atoms with Crippen molar-refractivity contribution >= 4 is 28.7 Å². The Kier molecular flexibility index (Phi) is 3.90. The van der Waals surface area contributed by atoms with E-state index in [0.717, 1.165) is 21.9 Å². The molecular formula is C17H17N3OS. The molecule has 2 N–H and O–H groups in total. The number of para-hydroxylation sites is 2. The molecule has 2 aromatic carbocycles. The Bertz CT molecular complexity index is 824. The van der Waals surface area contributed by atoms with Crippen molar-refractivity contribution in [2.24, 2.45) is 5.73 Å². The van der Waals surface area contributed by atoms with Gasteiger partial charge in [0.15, 0.2) is 5.16 Å². The van der Waals surface area contributed by atoms with Crippen LogP contribution in [0.2, 0.25) is 0 Å². The van der Waals surface area contributed by atoms with Crippen molar-refractivity contribution in [1.29, 1.82) is 0 Å². The molecule has 3 aromatic rings. The maximum Gasteiger partial charge on any atom is 0.230 e. The van der Waals surface area contributed by atoms with Gasteiger partial charge in [-0.15, -0.1) is 0 Å². The molecule has 0 aliphatic rings. The van der Waals surface area contributed by atoms with Gasteiger partial charge in [-0.3, -0.25) is 9.36 Å². The van der Waals surface area contributed by atoms with Crippen molar-refractivity contribution in [2.75, 3.05) is 0 Å². The lowest BCUT2D eigenvalue weighted by Crippen LogP contribution is -2.23. The van der Waals surface area contributed by atoms with E-state index in [1.807, 2.05) is 24.3 Å². The summed E-state index contributed by atoms with van der Waals surface area (Å²) in [4.78, 5) is 16.0. The third kappa shape index (κ3) is 2.72. The molecule has 1 atom stereocenters. The lowest BCUT2D eigenvalue weighted by molar-refractivity contribution is -0.117. The number of nitrogens with zero attached hydrogens (tertiary/aromatic N) is 2. The maximum absolute atomic E-state index is 11.4. The molecule has 112 valence electrons. The molecular weight excluding hydrogens is 294 g/mol. The second-order valence-corrected chi connectivity index (χ2v) is 6.52. The lowest BCUT2D eigenvalue weighted by Gasteiger charge is -2.11. The Morgan fingerprint density at radius 1 is 1.18 bits per heavy atom. The number of imidazole rings is 1. The van der Waals surface area contributed by atoms with Crippen molar-refractivity contribution in [3.05, 3.63) is 54.1 Å². The zero-order chi connectivity index (χ0) is 15.7. The number of carbonyl (C=O) groups excluding carboxylic acids is 1. The predicted octanol–water partition coefficient (Wildman–Crippen LogP) is 3.30. The van der Waals surface area contributed by atoms with Gasteiger partial charge >= 0.3 is 0 Å². The highest BCUT2D eigenvalue weighted by molar-refractivity contribution is 8.00. The minimum absolute atomic E-state index is 0.332. The average molecular weight is 311 g/mol. The number of thioether (sulfide) groups is 1. The first kappa shape index (κ1) is 14.7. The standard InChI is InChI=1S/C17H17N3OS/c1-11-7-9-13(10-8-11)20-15-6-4-3-5-14(15)19-17(20)22-12(2)16(18)21/h3-10,12H,1-2H3,(H2,18,21)/t12-/m0/s1. The maximum atomic E-state index is 11.4. The average Bonchev–Trinajstić information content (AvgIpc) is 2.86. The Labute approximate surface area is 133 Å². The zero-order valence-corrected chi connectivity index (χ0v) is 13.3. The summed E-state index contributed by atoms with van der Waals surface area (Å²) >= 11 is 1.38. The molecule has 22 heavy (non-hydrogen) atoms. The Hall–Kier alpha value is -2.27. The molecule has 0 spiro atoms. The molecule has 0 radical (unpaired) electrons. The normalized spacial score (nSPS) is 12.5. The van der Waals surface area contributed by atoms with E-state index in [4.69, 9.17) is 5.73 Å². The predicted molar refractivity (Wildman–Crippen MR) is 90.3 cm³/mol. The van der Waals surface area contributed by atoms with Crippen LogP contribution in [0.3, 0.4) is 0 Å². The lowest BCUT2D eigenvalue weighted by atomic mass is 10.2. The molecule has 1 heterocycles. The van der Waals surface area contributed by atoms with Crippen LogP contribution in [0.25, 0.3) is 16.7 Å². The van der Waals surface area contributed by atoms with E-state index in [1.54, 1.807) is 6.92 Å². The van der Waals surface area contributed by atoms with Gasteiger partial charge in [-0.1, -0.05) is 41.6 Å². The van der Waals surface area contributed by atoms with Crippen molar-refractivity contribution in [3.63, 3.8) is 0 Å². The minimum Gasteiger partial charge on any atom is -0.369 e. The summed E-state index contributed by atoms with van der Waals surface area (Å²) in [6, 6.07) is 16.2. The van der Waals surface area contributed by atoms with Crippen LogP contribution < -0.4 is 5.73 Å². The summed E-state index contributed by atoms with van der Waals surface area (Å²) in [6.45, 7) is 3.85. The molecule has 4 nitrogen and oxygen atoms in total. The van der Waals surface area contributed by atoms with E-state index in [9.17, 15) is 4.79 Å². The largest absolute Gasteiger partial charge is 0.369 e. The first-order valence-corrected chi connectivity index (χ1v) is 7.95. The zero-order valence-electron chi connectivity index (χ0n) is 12.5. The third-order valence-corrected chi connectivity index (χ3v) is 4.58. The molecule has 0 fully saturated rings. The molecule has 0 bridgehead atoms.